The lowest BCUT2D eigenvalue weighted by molar-refractivity contribution is -0.130. The zero-order chi connectivity index (χ0) is 17.1. The summed E-state index contributed by atoms with van der Waals surface area (Å²) in [5, 5.41) is 9.11. The van der Waals surface area contributed by atoms with Gasteiger partial charge < -0.3 is 10.6 Å². The van der Waals surface area contributed by atoms with Crippen molar-refractivity contribution in [3.63, 3.8) is 0 Å². The van der Waals surface area contributed by atoms with Crippen LogP contribution in [0.3, 0.4) is 0 Å². The van der Waals surface area contributed by atoms with E-state index >= 15 is 0 Å². The molecule has 0 spiro atoms. The number of rotatable bonds is 2. The van der Waals surface area contributed by atoms with Crippen LogP contribution in [0, 0.1) is 11.3 Å². The summed E-state index contributed by atoms with van der Waals surface area (Å²) in [7, 11) is 0. The molecule has 122 valence electrons. The Balaban J connectivity index is 1.74. The molecule has 24 heavy (non-hydrogen) atoms. The molecule has 0 fully saturated rings. The van der Waals surface area contributed by atoms with Crippen LogP contribution in [0.1, 0.15) is 28.3 Å². The Kier molecular flexibility index (Phi) is 4.98. The Morgan fingerprint density at radius 2 is 2.12 bits per heavy atom. The number of fused-ring (bicyclic) bond motifs is 1. The number of nitrogens with two attached hydrogens (primary N) is 1. The van der Waals surface area contributed by atoms with E-state index < -0.39 is 0 Å². The lowest BCUT2D eigenvalue weighted by Crippen LogP contribution is -2.37. The van der Waals surface area contributed by atoms with Crippen molar-refractivity contribution < 1.29 is 4.79 Å². The van der Waals surface area contributed by atoms with Gasteiger partial charge in [0.15, 0.2) is 0 Å². The Morgan fingerprint density at radius 3 is 2.92 bits per heavy atom. The van der Waals surface area contributed by atoms with Crippen LogP contribution >= 0.6 is 15.9 Å². The fourth-order valence-corrected chi connectivity index (χ4v) is 3.42. The third-order valence-corrected chi connectivity index (χ3v) is 5.07. The Labute approximate surface area is 150 Å². The van der Waals surface area contributed by atoms with Gasteiger partial charge in [-0.3, -0.25) is 4.79 Å². The van der Waals surface area contributed by atoms with Crippen molar-refractivity contribution in [2.45, 2.75) is 18.9 Å². The number of nitriles is 1. The molecule has 1 heterocycles. The van der Waals surface area contributed by atoms with Gasteiger partial charge in [0.1, 0.15) is 6.07 Å². The zero-order valence-electron chi connectivity index (χ0n) is 13.2. The van der Waals surface area contributed by atoms with Crippen LogP contribution in [0.25, 0.3) is 0 Å². The first-order valence-corrected chi connectivity index (χ1v) is 8.67. The molecule has 1 unspecified atom stereocenters. The summed E-state index contributed by atoms with van der Waals surface area (Å²) in [6.07, 6.45) is 1.10. The van der Waals surface area contributed by atoms with Gasteiger partial charge in [0.2, 0.25) is 5.91 Å². The summed E-state index contributed by atoms with van der Waals surface area (Å²) in [4.78, 5) is 14.5. The first-order valence-electron chi connectivity index (χ1n) is 7.88. The molecule has 3 rings (SSSR count). The molecule has 1 atom stereocenters. The van der Waals surface area contributed by atoms with Gasteiger partial charge in [0, 0.05) is 23.6 Å². The number of hydrogen-bond donors (Lipinski definition) is 1. The van der Waals surface area contributed by atoms with E-state index in [4.69, 9.17) is 11.0 Å². The van der Waals surface area contributed by atoms with Crippen molar-refractivity contribution in [1.82, 2.24) is 4.90 Å². The van der Waals surface area contributed by atoms with Crippen molar-refractivity contribution in [3.05, 3.63) is 69.2 Å². The van der Waals surface area contributed by atoms with Crippen LogP contribution in [0.4, 0.5) is 0 Å². The molecule has 0 saturated heterocycles. The number of carbonyl (C=O) groups excluding carboxylic acids is 1. The second-order valence-corrected chi connectivity index (χ2v) is 6.85. The van der Waals surface area contributed by atoms with Gasteiger partial charge in [0.05, 0.1) is 12.0 Å². The van der Waals surface area contributed by atoms with Gasteiger partial charge in [-0.15, -0.1) is 0 Å². The first-order chi connectivity index (χ1) is 11.6. The van der Waals surface area contributed by atoms with E-state index in [1.165, 1.54) is 5.56 Å². The van der Waals surface area contributed by atoms with Crippen molar-refractivity contribution in [2.75, 3.05) is 13.1 Å². The first kappa shape index (κ1) is 16.7. The number of halogens is 1. The maximum absolute atomic E-state index is 12.7. The largest absolute Gasteiger partial charge is 0.340 e. The lowest BCUT2D eigenvalue weighted by Gasteiger charge is -2.23. The fourth-order valence-electron chi connectivity index (χ4n) is 3.09. The summed E-state index contributed by atoms with van der Waals surface area (Å²) in [5.74, 6) is 0.0458. The van der Waals surface area contributed by atoms with E-state index in [9.17, 15) is 4.79 Å². The second-order valence-electron chi connectivity index (χ2n) is 6.00. The highest BCUT2D eigenvalue weighted by Crippen LogP contribution is 2.23. The van der Waals surface area contributed by atoms with Crippen LogP contribution in [0.2, 0.25) is 0 Å². The van der Waals surface area contributed by atoms with E-state index in [1.54, 1.807) is 6.07 Å². The van der Waals surface area contributed by atoms with Crippen LogP contribution in [0.5, 0.6) is 0 Å². The molecule has 5 heteroatoms. The van der Waals surface area contributed by atoms with Crippen LogP contribution in [-0.2, 0) is 17.6 Å². The van der Waals surface area contributed by atoms with Crippen LogP contribution in [-0.4, -0.2) is 23.9 Å². The highest BCUT2D eigenvalue weighted by molar-refractivity contribution is 9.10. The number of nitrogens with zero attached hydrogens (tertiary/aromatic N) is 2. The van der Waals surface area contributed by atoms with Crippen molar-refractivity contribution in [2.24, 2.45) is 5.73 Å². The maximum Gasteiger partial charge on any atom is 0.227 e. The molecular weight excluding hydrogens is 366 g/mol. The molecule has 1 aliphatic heterocycles. The van der Waals surface area contributed by atoms with Gasteiger partial charge in [-0.25, -0.2) is 0 Å². The molecule has 0 bridgehead atoms. The van der Waals surface area contributed by atoms with E-state index in [0.717, 1.165) is 22.0 Å². The SMILES string of the molecule is N#Cc1cc(CC(=O)N2CCc3ccccc3C(N)C2)ccc1Br. The Bertz CT molecular complexity index is 812. The van der Waals surface area contributed by atoms with Gasteiger partial charge in [0.25, 0.3) is 0 Å². The molecule has 2 aromatic rings. The lowest BCUT2D eigenvalue weighted by atomic mass is 10.0. The molecule has 2 aromatic carbocycles. The standard InChI is InChI=1S/C19H18BrN3O/c20-17-6-5-13(9-15(17)11-21)10-19(24)23-8-7-14-3-1-2-4-16(14)18(22)12-23/h1-6,9,18H,7-8,10,12,22H2. The second kappa shape index (κ2) is 7.16. The number of amides is 1. The monoisotopic (exact) mass is 383 g/mol. The number of carbonyl (C=O) groups is 1. The number of hydrogen-bond acceptors (Lipinski definition) is 3. The molecule has 0 aromatic heterocycles. The minimum Gasteiger partial charge on any atom is -0.340 e. The average Bonchev–Trinajstić information content (AvgIpc) is 2.76. The zero-order valence-corrected chi connectivity index (χ0v) is 14.8. The van der Waals surface area contributed by atoms with Crippen molar-refractivity contribution >= 4 is 21.8 Å². The van der Waals surface area contributed by atoms with Gasteiger partial charge in [-0.1, -0.05) is 30.3 Å². The molecular formula is C19H18BrN3O. The molecule has 1 amide bonds. The minimum atomic E-state index is -0.160. The van der Waals surface area contributed by atoms with Crippen molar-refractivity contribution in [1.29, 1.82) is 5.26 Å². The molecule has 0 radical (unpaired) electrons. The highest BCUT2D eigenvalue weighted by Gasteiger charge is 2.23. The third kappa shape index (κ3) is 3.50. The summed E-state index contributed by atoms with van der Waals surface area (Å²) in [6.45, 7) is 1.20. The van der Waals surface area contributed by atoms with E-state index in [2.05, 4.69) is 28.1 Å². The van der Waals surface area contributed by atoms with Crippen LogP contribution in [0.15, 0.2) is 46.9 Å². The molecule has 0 aliphatic carbocycles. The molecule has 4 nitrogen and oxygen atoms in total. The summed E-state index contributed by atoms with van der Waals surface area (Å²) in [6, 6.07) is 15.5. The van der Waals surface area contributed by atoms with E-state index in [-0.39, 0.29) is 18.4 Å². The summed E-state index contributed by atoms with van der Waals surface area (Å²) < 4.78 is 0.744. The molecule has 2 N–H and O–H groups in total. The average molecular weight is 384 g/mol. The smallest absolute Gasteiger partial charge is 0.227 e. The molecule has 0 saturated carbocycles. The number of benzene rings is 2. The fraction of sp³-hybridized carbons (Fsp3) is 0.263. The van der Waals surface area contributed by atoms with Gasteiger partial charge in [-0.2, -0.15) is 5.26 Å². The molecule has 1 aliphatic rings. The predicted octanol–water partition coefficient (Wildman–Crippen LogP) is 2.95. The highest BCUT2D eigenvalue weighted by atomic mass is 79.9. The van der Waals surface area contributed by atoms with Crippen LogP contribution < -0.4 is 5.73 Å². The maximum atomic E-state index is 12.7. The predicted molar refractivity (Wildman–Crippen MR) is 96.2 cm³/mol. The minimum absolute atomic E-state index is 0.0458. The van der Waals surface area contributed by atoms with Gasteiger partial charge >= 0.3 is 0 Å². The van der Waals surface area contributed by atoms with Crippen molar-refractivity contribution in [3.8, 4) is 6.07 Å². The van der Waals surface area contributed by atoms with E-state index in [1.807, 2.05) is 35.2 Å². The normalized spacial score (nSPS) is 16.9. The van der Waals surface area contributed by atoms with E-state index in [0.29, 0.717) is 18.7 Å². The summed E-state index contributed by atoms with van der Waals surface area (Å²) in [5.41, 5.74) is 10.0. The topological polar surface area (TPSA) is 70.1 Å². The quantitative estimate of drug-likeness (QED) is 0.866. The Hall–Kier alpha value is -2.16. The Morgan fingerprint density at radius 1 is 1.33 bits per heavy atom. The van der Waals surface area contributed by atoms with Gasteiger partial charge in [-0.05, 0) is 51.2 Å². The third-order valence-electron chi connectivity index (χ3n) is 4.38. The summed E-state index contributed by atoms with van der Waals surface area (Å²) >= 11 is 3.33.